The molecule has 0 amide bonds. The quantitative estimate of drug-likeness (QED) is 0.679. The van der Waals surface area contributed by atoms with Crippen molar-refractivity contribution in [2.45, 2.75) is 20.8 Å². The van der Waals surface area contributed by atoms with E-state index in [4.69, 9.17) is 0 Å². The van der Waals surface area contributed by atoms with Gasteiger partial charge in [-0.3, -0.25) is 4.98 Å². The lowest BCUT2D eigenvalue weighted by Gasteiger charge is -2.07. The summed E-state index contributed by atoms with van der Waals surface area (Å²) in [6.07, 6.45) is 1.88. The molecule has 1 heterocycles. The SMILES string of the molecule is Cc1cccc(-c2nccc(C)c2C)c1. The van der Waals surface area contributed by atoms with Gasteiger partial charge in [0.2, 0.25) is 0 Å². The molecule has 0 aliphatic rings. The number of aromatic nitrogens is 1. The third-order valence-electron chi connectivity index (χ3n) is 2.77. The maximum Gasteiger partial charge on any atom is 0.0733 e. The molecule has 15 heavy (non-hydrogen) atoms. The molecule has 0 spiro atoms. The molecule has 0 aliphatic heterocycles. The molecule has 1 heteroatoms. The van der Waals surface area contributed by atoms with Crippen molar-refractivity contribution in [2.24, 2.45) is 0 Å². The van der Waals surface area contributed by atoms with Crippen LogP contribution in [-0.2, 0) is 0 Å². The molecule has 0 fully saturated rings. The fraction of sp³-hybridized carbons (Fsp3) is 0.214. The van der Waals surface area contributed by atoms with Crippen LogP contribution in [0.3, 0.4) is 0 Å². The number of rotatable bonds is 1. The maximum absolute atomic E-state index is 4.45. The summed E-state index contributed by atoms with van der Waals surface area (Å²) in [7, 11) is 0. The Labute approximate surface area is 90.8 Å². The summed E-state index contributed by atoms with van der Waals surface area (Å²) in [5, 5.41) is 0. The van der Waals surface area contributed by atoms with Crippen molar-refractivity contribution in [1.29, 1.82) is 0 Å². The van der Waals surface area contributed by atoms with E-state index in [1.54, 1.807) is 0 Å². The van der Waals surface area contributed by atoms with Crippen LogP contribution in [0.25, 0.3) is 11.3 Å². The van der Waals surface area contributed by atoms with Crippen LogP contribution in [0.1, 0.15) is 16.7 Å². The second-order valence-electron chi connectivity index (χ2n) is 3.97. The molecule has 2 aromatic rings. The number of aryl methyl sites for hydroxylation is 2. The van der Waals surface area contributed by atoms with Gasteiger partial charge < -0.3 is 0 Å². The highest BCUT2D eigenvalue weighted by molar-refractivity contribution is 5.64. The normalized spacial score (nSPS) is 10.3. The van der Waals surface area contributed by atoms with Crippen LogP contribution in [0, 0.1) is 20.8 Å². The minimum Gasteiger partial charge on any atom is -0.256 e. The minimum atomic E-state index is 1.10. The van der Waals surface area contributed by atoms with E-state index in [1.165, 1.54) is 22.3 Å². The van der Waals surface area contributed by atoms with E-state index in [2.05, 4.69) is 56.1 Å². The highest BCUT2D eigenvalue weighted by Gasteiger charge is 2.04. The van der Waals surface area contributed by atoms with Crippen molar-refractivity contribution < 1.29 is 0 Å². The average Bonchev–Trinajstić information content (AvgIpc) is 2.22. The van der Waals surface area contributed by atoms with E-state index in [1.807, 2.05) is 6.20 Å². The Morgan fingerprint density at radius 2 is 1.80 bits per heavy atom. The van der Waals surface area contributed by atoms with Gasteiger partial charge in [-0.2, -0.15) is 0 Å². The van der Waals surface area contributed by atoms with Crippen LogP contribution in [0.2, 0.25) is 0 Å². The number of benzene rings is 1. The average molecular weight is 197 g/mol. The van der Waals surface area contributed by atoms with Gasteiger partial charge in [0.25, 0.3) is 0 Å². The lowest BCUT2D eigenvalue weighted by atomic mass is 10.0. The Morgan fingerprint density at radius 1 is 1.00 bits per heavy atom. The third-order valence-corrected chi connectivity index (χ3v) is 2.77. The summed E-state index contributed by atoms with van der Waals surface area (Å²) in [5.41, 5.74) is 6.13. The van der Waals surface area contributed by atoms with Crippen LogP contribution < -0.4 is 0 Å². The highest BCUT2D eigenvalue weighted by atomic mass is 14.7. The summed E-state index contributed by atoms with van der Waals surface area (Å²) >= 11 is 0. The molecule has 0 N–H and O–H groups in total. The van der Waals surface area contributed by atoms with E-state index in [9.17, 15) is 0 Å². The molecule has 0 radical (unpaired) electrons. The molecule has 0 aliphatic carbocycles. The first kappa shape index (κ1) is 9.91. The zero-order valence-corrected chi connectivity index (χ0v) is 9.41. The fourth-order valence-electron chi connectivity index (χ4n) is 1.72. The summed E-state index contributed by atoms with van der Waals surface area (Å²) in [6.45, 7) is 6.35. The number of hydrogen-bond donors (Lipinski definition) is 0. The first-order chi connectivity index (χ1) is 7.18. The second-order valence-corrected chi connectivity index (χ2v) is 3.97. The molecule has 0 bridgehead atoms. The van der Waals surface area contributed by atoms with Crippen LogP contribution in [0.4, 0.5) is 0 Å². The van der Waals surface area contributed by atoms with Gasteiger partial charge >= 0.3 is 0 Å². The van der Waals surface area contributed by atoms with Gasteiger partial charge in [0.15, 0.2) is 0 Å². The summed E-state index contributed by atoms with van der Waals surface area (Å²) < 4.78 is 0. The number of nitrogens with zero attached hydrogens (tertiary/aromatic N) is 1. The van der Waals surface area contributed by atoms with Crippen molar-refractivity contribution in [2.75, 3.05) is 0 Å². The lowest BCUT2D eigenvalue weighted by Crippen LogP contribution is -1.91. The van der Waals surface area contributed by atoms with E-state index in [-0.39, 0.29) is 0 Å². The van der Waals surface area contributed by atoms with Gasteiger partial charge in [-0.15, -0.1) is 0 Å². The van der Waals surface area contributed by atoms with Crippen molar-refractivity contribution in [3.8, 4) is 11.3 Å². The van der Waals surface area contributed by atoms with Crippen LogP contribution >= 0.6 is 0 Å². The standard InChI is InChI=1S/C14H15N/c1-10-5-4-6-13(9-10)14-12(3)11(2)7-8-15-14/h4-9H,1-3H3. The largest absolute Gasteiger partial charge is 0.256 e. The molecular formula is C14H15N. The van der Waals surface area contributed by atoms with Crippen LogP contribution in [-0.4, -0.2) is 4.98 Å². The molecule has 1 nitrogen and oxygen atoms in total. The highest BCUT2D eigenvalue weighted by Crippen LogP contribution is 2.23. The Hall–Kier alpha value is -1.63. The van der Waals surface area contributed by atoms with Crippen molar-refractivity contribution >= 4 is 0 Å². The Balaban J connectivity index is 2.59. The molecule has 0 saturated heterocycles. The van der Waals surface area contributed by atoms with Crippen LogP contribution in [0.15, 0.2) is 36.5 Å². The predicted molar refractivity (Wildman–Crippen MR) is 63.9 cm³/mol. The molecule has 0 atom stereocenters. The fourth-order valence-corrected chi connectivity index (χ4v) is 1.72. The third kappa shape index (κ3) is 1.91. The Kier molecular flexibility index (Phi) is 2.55. The van der Waals surface area contributed by atoms with Gasteiger partial charge in [0.05, 0.1) is 5.69 Å². The van der Waals surface area contributed by atoms with Gasteiger partial charge in [-0.05, 0) is 44.0 Å². The molecular weight excluding hydrogens is 182 g/mol. The van der Waals surface area contributed by atoms with E-state index in [0.29, 0.717) is 0 Å². The second kappa shape index (κ2) is 3.85. The first-order valence-electron chi connectivity index (χ1n) is 5.18. The zero-order chi connectivity index (χ0) is 10.8. The summed E-state index contributed by atoms with van der Waals surface area (Å²) in [6, 6.07) is 10.5. The minimum absolute atomic E-state index is 1.10. The molecule has 1 aromatic heterocycles. The molecule has 2 rings (SSSR count). The summed E-state index contributed by atoms with van der Waals surface area (Å²) in [4.78, 5) is 4.45. The van der Waals surface area contributed by atoms with Gasteiger partial charge in [0, 0.05) is 11.8 Å². The van der Waals surface area contributed by atoms with Gasteiger partial charge in [-0.25, -0.2) is 0 Å². The van der Waals surface area contributed by atoms with Crippen LogP contribution in [0.5, 0.6) is 0 Å². The summed E-state index contributed by atoms with van der Waals surface area (Å²) in [5.74, 6) is 0. The van der Waals surface area contributed by atoms with Gasteiger partial charge in [0.1, 0.15) is 0 Å². The van der Waals surface area contributed by atoms with Gasteiger partial charge in [-0.1, -0.05) is 23.8 Å². The van der Waals surface area contributed by atoms with E-state index < -0.39 is 0 Å². The maximum atomic E-state index is 4.45. The predicted octanol–water partition coefficient (Wildman–Crippen LogP) is 3.67. The van der Waals surface area contributed by atoms with Crippen molar-refractivity contribution in [1.82, 2.24) is 4.98 Å². The topological polar surface area (TPSA) is 12.9 Å². The molecule has 76 valence electrons. The smallest absolute Gasteiger partial charge is 0.0733 e. The Bertz CT molecular complexity index is 486. The van der Waals surface area contributed by atoms with E-state index in [0.717, 1.165) is 5.69 Å². The monoisotopic (exact) mass is 197 g/mol. The van der Waals surface area contributed by atoms with Crippen molar-refractivity contribution in [3.63, 3.8) is 0 Å². The first-order valence-corrected chi connectivity index (χ1v) is 5.18. The molecule has 0 saturated carbocycles. The zero-order valence-electron chi connectivity index (χ0n) is 9.41. The van der Waals surface area contributed by atoms with E-state index >= 15 is 0 Å². The Morgan fingerprint density at radius 3 is 2.53 bits per heavy atom. The lowest BCUT2D eigenvalue weighted by molar-refractivity contribution is 1.22. The molecule has 1 aromatic carbocycles. The number of pyridine rings is 1. The number of hydrogen-bond acceptors (Lipinski definition) is 1. The van der Waals surface area contributed by atoms with Crippen molar-refractivity contribution in [3.05, 3.63) is 53.2 Å². The molecule has 0 unspecified atom stereocenters.